The minimum atomic E-state index is -1.19. The van der Waals surface area contributed by atoms with Gasteiger partial charge in [-0.05, 0) is 30.7 Å². The summed E-state index contributed by atoms with van der Waals surface area (Å²) in [6, 6.07) is 5.05. The van der Waals surface area contributed by atoms with Crippen LogP contribution in [0.1, 0.15) is 28.8 Å². The Hall–Kier alpha value is -2.42. The van der Waals surface area contributed by atoms with Gasteiger partial charge < -0.3 is 4.90 Å². The highest BCUT2D eigenvalue weighted by Gasteiger charge is 2.35. The van der Waals surface area contributed by atoms with E-state index in [-0.39, 0.29) is 24.9 Å². The number of alkyl halides is 1. The molecule has 1 aliphatic heterocycles. The molecular weight excluding hydrogens is 410 g/mol. The molecule has 0 saturated heterocycles. The lowest BCUT2D eigenvalue weighted by atomic mass is 9.86. The minimum Gasteiger partial charge on any atom is -0.329 e. The zero-order valence-electron chi connectivity index (χ0n) is 13.7. The van der Waals surface area contributed by atoms with E-state index in [0.717, 1.165) is 16.9 Å². The number of hydrogen-bond donors (Lipinski definition) is 1. The first-order valence-corrected chi connectivity index (χ1v) is 8.64. The summed E-state index contributed by atoms with van der Waals surface area (Å²) in [5.41, 5.74) is 0.998. The zero-order chi connectivity index (χ0) is 18.8. The summed E-state index contributed by atoms with van der Waals surface area (Å²) in [7, 11) is 0. The van der Waals surface area contributed by atoms with Gasteiger partial charge >= 0.3 is 0 Å². The van der Waals surface area contributed by atoms with Crippen molar-refractivity contribution >= 4 is 33.7 Å². The zero-order valence-corrected chi connectivity index (χ0v) is 15.3. The Labute approximate surface area is 156 Å². The highest BCUT2D eigenvalue weighted by molar-refractivity contribution is 9.10. The summed E-state index contributed by atoms with van der Waals surface area (Å²) in [5, 5.41) is 2.39. The summed E-state index contributed by atoms with van der Waals surface area (Å²) in [6.07, 6.45) is 0.648. The van der Waals surface area contributed by atoms with Crippen LogP contribution >= 0.6 is 15.9 Å². The molecule has 0 spiro atoms. The van der Waals surface area contributed by atoms with E-state index in [1.807, 2.05) is 0 Å². The Balaban J connectivity index is 1.78. The Morgan fingerprint density at radius 1 is 1.42 bits per heavy atom. The number of anilines is 1. The monoisotopic (exact) mass is 424 g/mol. The number of benzene rings is 1. The average Bonchev–Trinajstić information content (AvgIpc) is 2.59. The average molecular weight is 425 g/mol. The Kier molecular flexibility index (Phi) is 5.26. The van der Waals surface area contributed by atoms with E-state index in [0.29, 0.717) is 11.1 Å². The molecule has 0 aliphatic carbocycles. The number of carbonyl (C=O) groups excluding carboxylic acids is 2. The fourth-order valence-corrected chi connectivity index (χ4v) is 3.25. The molecule has 0 fully saturated rings. The number of aromatic nitrogens is 2. The van der Waals surface area contributed by atoms with Crippen LogP contribution in [0.4, 0.5) is 14.7 Å². The third kappa shape index (κ3) is 3.87. The highest BCUT2D eigenvalue weighted by Crippen LogP contribution is 2.33. The normalized spacial score (nSPS) is 17.6. The predicted molar refractivity (Wildman–Crippen MR) is 94.0 cm³/mol. The Morgan fingerprint density at radius 3 is 2.77 bits per heavy atom. The smallest absolute Gasteiger partial charge is 0.254 e. The van der Waals surface area contributed by atoms with Gasteiger partial charge in [0.15, 0.2) is 5.82 Å². The molecule has 0 bridgehead atoms. The Morgan fingerprint density at radius 2 is 2.12 bits per heavy atom. The Bertz CT molecular complexity index is 845. The molecule has 1 unspecified atom stereocenters. The molecule has 6 nitrogen and oxygen atoms in total. The lowest BCUT2D eigenvalue weighted by Gasteiger charge is -2.34. The largest absolute Gasteiger partial charge is 0.329 e. The molecule has 136 valence electrons. The molecule has 1 aliphatic rings. The van der Waals surface area contributed by atoms with Crippen molar-refractivity contribution in [3.05, 3.63) is 52.0 Å². The number of nitrogens with zero attached hydrogens (tertiary/aromatic N) is 3. The van der Waals surface area contributed by atoms with E-state index >= 15 is 0 Å². The molecule has 2 aromatic rings. The molecule has 2 amide bonds. The fourth-order valence-electron chi connectivity index (χ4n) is 2.87. The summed E-state index contributed by atoms with van der Waals surface area (Å²) in [5.74, 6) is -2.12. The quantitative estimate of drug-likeness (QED) is 0.818. The van der Waals surface area contributed by atoms with Crippen LogP contribution in [0.3, 0.4) is 0 Å². The first-order chi connectivity index (χ1) is 12.3. The van der Waals surface area contributed by atoms with Gasteiger partial charge in [0.25, 0.3) is 5.91 Å². The van der Waals surface area contributed by atoms with Crippen molar-refractivity contribution in [2.24, 2.45) is 0 Å². The lowest BCUT2D eigenvalue weighted by molar-refractivity contribution is -0.117. The summed E-state index contributed by atoms with van der Waals surface area (Å²) < 4.78 is 27.7. The standard InChI is InChI=1S/C17H15BrF2N4O2/c1-9(19)14-7-24(16(26)12-3-2-10(18)4-13(12)14)8-15(25)23-17-21-5-11(20)6-22-17/h2-6,9,14H,7-8H2,1H3,(H,21,22,23,25)/t9?,14-/m1/s1. The molecule has 2 atom stereocenters. The second-order valence-corrected chi connectivity index (χ2v) is 6.89. The third-order valence-corrected chi connectivity index (χ3v) is 4.60. The van der Waals surface area contributed by atoms with Crippen molar-refractivity contribution in [2.75, 3.05) is 18.4 Å². The van der Waals surface area contributed by atoms with Crippen molar-refractivity contribution in [2.45, 2.75) is 19.0 Å². The first-order valence-electron chi connectivity index (χ1n) is 7.85. The van der Waals surface area contributed by atoms with Crippen LogP contribution in [-0.4, -0.2) is 45.9 Å². The number of carbonyl (C=O) groups is 2. The maximum atomic E-state index is 14.1. The van der Waals surface area contributed by atoms with Crippen molar-refractivity contribution < 1.29 is 18.4 Å². The van der Waals surface area contributed by atoms with Gasteiger partial charge in [0.05, 0.1) is 12.4 Å². The number of fused-ring (bicyclic) bond motifs is 1. The van der Waals surface area contributed by atoms with E-state index in [1.165, 1.54) is 11.8 Å². The number of amides is 2. The SMILES string of the molecule is CC(F)[C@H]1CN(CC(=O)Nc2ncc(F)cn2)C(=O)c2ccc(Br)cc21. The third-order valence-electron chi connectivity index (χ3n) is 4.11. The van der Waals surface area contributed by atoms with E-state index in [2.05, 4.69) is 31.2 Å². The molecular formula is C17H15BrF2N4O2. The van der Waals surface area contributed by atoms with Gasteiger partial charge in [0, 0.05) is 22.5 Å². The van der Waals surface area contributed by atoms with Gasteiger partial charge in [-0.15, -0.1) is 0 Å². The number of rotatable bonds is 4. The molecule has 1 aromatic heterocycles. The van der Waals surface area contributed by atoms with E-state index in [1.54, 1.807) is 18.2 Å². The van der Waals surface area contributed by atoms with Gasteiger partial charge in [0.1, 0.15) is 12.7 Å². The van der Waals surface area contributed by atoms with Gasteiger partial charge in [-0.2, -0.15) is 0 Å². The maximum Gasteiger partial charge on any atom is 0.254 e. The van der Waals surface area contributed by atoms with Gasteiger partial charge in [-0.1, -0.05) is 15.9 Å². The van der Waals surface area contributed by atoms with Crippen LogP contribution in [0.15, 0.2) is 35.1 Å². The molecule has 1 N–H and O–H groups in total. The second-order valence-electron chi connectivity index (χ2n) is 5.97. The van der Waals surface area contributed by atoms with Crippen LogP contribution in [-0.2, 0) is 4.79 Å². The molecule has 0 radical (unpaired) electrons. The number of nitrogens with one attached hydrogen (secondary N) is 1. The summed E-state index contributed by atoms with van der Waals surface area (Å²) in [6.45, 7) is 1.23. The predicted octanol–water partition coefficient (Wildman–Crippen LogP) is 2.91. The van der Waals surface area contributed by atoms with E-state index in [9.17, 15) is 18.4 Å². The van der Waals surface area contributed by atoms with Gasteiger partial charge in [-0.3, -0.25) is 14.9 Å². The van der Waals surface area contributed by atoms with Crippen molar-refractivity contribution in [3.8, 4) is 0 Å². The molecule has 1 aromatic carbocycles. The summed E-state index contributed by atoms with van der Waals surface area (Å²) in [4.78, 5) is 33.4. The van der Waals surface area contributed by atoms with Crippen LogP contribution < -0.4 is 5.32 Å². The van der Waals surface area contributed by atoms with Gasteiger partial charge in [0.2, 0.25) is 11.9 Å². The molecule has 2 heterocycles. The van der Waals surface area contributed by atoms with E-state index in [4.69, 9.17) is 0 Å². The van der Waals surface area contributed by atoms with Crippen molar-refractivity contribution in [1.82, 2.24) is 14.9 Å². The molecule has 9 heteroatoms. The van der Waals surface area contributed by atoms with Crippen molar-refractivity contribution in [3.63, 3.8) is 0 Å². The number of hydrogen-bond acceptors (Lipinski definition) is 4. The van der Waals surface area contributed by atoms with Crippen LogP contribution in [0.2, 0.25) is 0 Å². The topological polar surface area (TPSA) is 75.2 Å². The van der Waals surface area contributed by atoms with E-state index < -0.39 is 23.8 Å². The highest BCUT2D eigenvalue weighted by atomic mass is 79.9. The van der Waals surface area contributed by atoms with Crippen LogP contribution in [0, 0.1) is 5.82 Å². The molecule has 3 rings (SSSR count). The second kappa shape index (κ2) is 7.45. The molecule has 0 saturated carbocycles. The maximum absolute atomic E-state index is 14.1. The molecule has 26 heavy (non-hydrogen) atoms. The number of halogens is 3. The summed E-state index contributed by atoms with van der Waals surface area (Å²) >= 11 is 3.33. The lowest BCUT2D eigenvalue weighted by Crippen LogP contribution is -2.45. The first kappa shape index (κ1) is 18.4. The fraction of sp³-hybridized carbons (Fsp3) is 0.294. The van der Waals surface area contributed by atoms with Crippen molar-refractivity contribution in [1.29, 1.82) is 0 Å². The van der Waals surface area contributed by atoms with Gasteiger partial charge in [-0.25, -0.2) is 18.7 Å². The van der Waals surface area contributed by atoms with Crippen LogP contribution in [0.5, 0.6) is 0 Å². The minimum absolute atomic E-state index is 0.0689. The van der Waals surface area contributed by atoms with Crippen LogP contribution in [0.25, 0.3) is 0 Å².